The van der Waals surface area contributed by atoms with Gasteiger partial charge in [0.1, 0.15) is 5.75 Å². The van der Waals surface area contributed by atoms with Gasteiger partial charge in [0.2, 0.25) is 0 Å². The number of esters is 1. The Morgan fingerprint density at radius 3 is 2.45 bits per heavy atom. The van der Waals surface area contributed by atoms with Gasteiger partial charge in [0.25, 0.3) is 0 Å². The van der Waals surface area contributed by atoms with Crippen molar-refractivity contribution in [2.24, 2.45) is 0 Å². The summed E-state index contributed by atoms with van der Waals surface area (Å²) in [6.45, 7) is 3.61. The Labute approximate surface area is 128 Å². The van der Waals surface area contributed by atoms with Gasteiger partial charge >= 0.3 is 5.97 Å². The Morgan fingerprint density at radius 1 is 1.18 bits per heavy atom. The number of rotatable bonds is 5. The Hall–Kier alpha value is -2.88. The van der Waals surface area contributed by atoms with Gasteiger partial charge in [-0.25, -0.2) is 4.79 Å². The van der Waals surface area contributed by atoms with Gasteiger partial charge in [-0.1, -0.05) is 36.4 Å². The summed E-state index contributed by atoms with van der Waals surface area (Å²) in [4.78, 5) is 24.3. The molecular weight excluding hydrogens is 280 g/mol. The second-order valence-electron chi connectivity index (χ2n) is 4.70. The molecule has 0 spiro atoms. The standard InChI is InChI=1S/C18H16O4/c1-3-6-12-9-10-13(11-16(12)19)17(20)14-7-4-5-8-15(14)18(21)22-2/h3-5,7-11,19H,1,6H2,2H3. The zero-order chi connectivity index (χ0) is 16.1. The fraction of sp³-hybridized carbons (Fsp3) is 0.111. The average molecular weight is 296 g/mol. The van der Waals surface area contributed by atoms with Crippen LogP contribution in [0.3, 0.4) is 0 Å². The van der Waals surface area contributed by atoms with Crippen molar-refractivity contribution >= 4 is 11.8 Å². The highest BCUT2D eigenvalue weighted by Gasteiger charge is 2.19. The number of carbonyl (C=O) groups excluding carboxylic acids is 2. The van der Waals surface area contributed by atoms with Crippen LogP contribution in [0.4, 0.5) is 0 Å². The zero-order valence-electron chi connectivity index (χ0n) is 12.2. The molecule has 0 unspecified atom stereocenters. The Balaban J connectivity index is 2.43. The molecule has 0 atom stereocenters. The number of hydrogen-bond acceptors (Lipinski definition) is 4. The molecule has 2 rings (SSSR count). The second-order valence-corrected chi connectivity index (χ2v) is 4.70. The summed E-state index contributed by atoms with van der Waals surface area (Å²) >= 11 is 0. The average Bonchev–Trinajstić information content (AvgIpc) is 2.55. The van der Waals surface area contributed by atoms with Gasteiger partial charge in [0.15, 0.2) is 5.78 Å². The molecule has 0 radical (unpaired) electrons. The van der Waals surface area contributed by atoms with Crippen LogP contribution in [-0.2, 0) is 11.2 Å². The number of aromatic hydroxyl groups is 1. The van der Waals surface area contributed by atoms with Gasteiger partial charge in [0.05, 0.1) is 12.7 Å². The lowest BCUT2D eigenvalue weighted by Crippen LogP contribution is -2.11. The van der Waals surface area contributed by atoms with Crippen LogP contribution >= 0.6 is 0 Å². The molecule has 0 aliphatic rings. The molecule has 0 aliphatic carbocycles. The minimum absolute atomic E-state index is 0.0290. The van der Waals surface area contributed by atoms with Crippen LogP contribution < -0.4 is 0 Å². The molecule has 112 valence electrons. The largest absolute Gasteiger partial charge is 0.508 e. The lowest BCUT2D eigenvalue weighted by molar-refractivity contribution is 0.0597. The van der Waals surface area contributed by atoms with E-state index >= 15 is 0 Å². The first-order valence-electron chi connectivity index (χ1n) is 6.73. The molecule has 0 heterocycles. The third-order valence-electron chi connectivity index (χ3n) is 3.29. The third kappa shape index (κ3) is 3.06. The number of allylic oxidation sites excluding steroid dienone is 1. The van der Waals surface area contributed by atoms with Crippen LogP contribution in [0.2, 0.25) is 0 Å². The number of methoxy groups -OCH3 is 1. The first kappa shape index (κ1) is 15.5. The normalized spacial score (nSPS) is 10.0. The van der Waals surface area contributed by atoms with E-state index in [-0.39, 0.29) is 22.7 Å². The maximum atomic E-state index is 12.6. The molecule has 2 aromatic rings. The maximum Gasteiger partial charge on any atom is 0.338 e. The summed E-state index contributed by atoms with van der Waals surface area (Å²) in [6.07, 6.45) is 2.18. The number of carbonyl (C=O) groups is 2. The summed E-state index contributed by atoms with van der Waals surface area (Å²) in [5.74, 6) is -0.890. The summed E-state index contributed by atoms with van der Waals surface area (Å²) in [5.41, 5.74) is 1.43. The summed E-state index contributed by atoms with van der Waals surface area (Å²) in [7, 11) is 1.26. The van der Waals surface area contributed by atoms with E-state index in [1.54, 1.807) is 36.4 Å². The Kier molecular flexibility index (Phi) is 4.73. The van der Waals surface area contributed by atoms with E-state index in [0.29, 0.717) is 17.5 Å². The van der Waals surface area contributed by atoms with Crippen LogP contribution in [0.5, 0.6) is 5.75 Å². The van der Waals surface area contributed by atoms with E-state index in [1.807, 2.05) is 0 Å². The van der Waals surface area contributed by atoms with Gasteiger partial charge in [-0.2, -0.15) is 0 Å². The van der Waals surface area contributed by atoms with Crippen LogP contribution in [0.25, 0.3) is 0 Å². The number of phenols is 1. The quantitative estimate of drug-likeness (QED) is 0.523. The molecule has 2 aromatic carbocycles. The lowest BCUT2D eigenvalue weighted by Gasteiger charge is -2.08. The molecule has 0 amide bonds. The first-order chi connectivity index (χ1) is 10.6. The van der Waals surface area contributed by atoms with Crippen LogP contribution in [0.15, 0.2) is 55.1 Å². The van der Waals surface area contributed by atoms with Crippen molar-refractivity contribution in [2.45, 2.75) is 6.42 Å². The molecule has 1 N–H and O–H groups in total. The van der Waals surface area contributed by atoms with Crippen LogP contribution in [-0.4, -0.2) is 24.0 Å². The maximum absolute atomic E-state index is 12.6. The predicted molar refractivity (Wildman–Crippen MR) is 83.2 cm³/mol. The Morgan fingerprint density at radius 2 is 1.86 bits per heavy atom. The van der Waals surface area contributed by atoms with Crippen LogP contribution in [0.1, 0.15) is 31.8 Å². The molecule has 0 bridgehead atoms. The molecule has 0 aromatic heterocycles. The van der Waals surface area contributed by atoms with Crippen molar-refractivity contribution in [1.82, 2.24) is 0 Å². The fourth-order valence-electron chi connectivity index (χ4n) is 2.16. The van der Waals surface area contributed by atoms with E-state index in [9.17, 15) is 14.7 Å². The number of ketones is 1. The monoisotopic (exact) mass is 296 g/mol. The number of ether oxygens (including phenoxy) is 1. The number of benzene rings is 2. The summed E-state index contributed by atoms with van der Waals surface area (Å²) in [5, 5.41) is 9.95. The van der Waals surface area contributed by atoms with E-state index in [4.69, 9.17) is 0 Å². The van der Waals surface area contributed by atoms with Gasteiger partial charge in [-0.3, -0.25) is 4.79 Å². The molecule has 0 aliphatic heterocycles. The van der Waals surface area contributed by atoms with Crippen LogP contribution in [0, 0.1) is 0 Å². The topological polar surface area (TPSA) is 63.6 Å². The van der Waals surface area contributed by atoms with Gasteiger partial charge < -0.3 is 9.84 Å². The highest BCUT2D eigenvalue weighted by molar-refractivity contribution is 6.14. The van der Waals surface area contributed by atoms with Crippen molar-refractivity contribution in [3.05, 3.63) is 77.4 Å². The van der Waals surface area contributed by atoms with Crippen molar-refractivity contribution in [3.63, 3.8) is 0 Å². The predicted octanol–water partition coefficient (Wildman–Crippen LogP) is 3.14. The number of hydrogen-bond donors (Lipinski definition) is 1. The highest BCUT2D eigenvalue weighted by Crippen LogP contribution is 2.23. The van der Waals surface area contributed by atoms with E-state index in [0.717, 1.165) is 0 Å². The van der Waals surface area contributed by atoms with E-state index in [2.05, 4.69) is 11.3 Å². The van der Waals surface area contributed by atoms with Crippen molar-refractivity contribution in [2.75, 3.05) is 7.11 Å². The molecule has 0 saturated heterocycles. The smallest absolute Gasteiger partial charge is 0.338 e. The summed E-state index contributed by atoms with van der Waals surface area (Å²) in [6, 6.07) is 11.1. The van der Waals surface area contributed by atoms with E-state index in [1.165, 1.54) is 19.2 Å². The highest BCUT2D eigenvalue weighted by atomic mass is 16.5. The van der Waals surface area contributed by atoms with Crippen molar-refractivity contribution in [3.8, 4) is 5.75 Å². The van der Waals surface area contributed by atoms with E-state index < -0.39 is 5.97 Å². The van der Waals surface area contributed by atoms with Gasteiger partial charge in [-0.05, 0) is 24.1 Å². The summed E-state index contributed by atoms with van der Waals surface area (Å²) < 4.78 is 4.69. The second kappa shape index (κ2) is 6.72. The minimum Gasteiger partial charge on any atom is -0.508 e. The number of phenolic OH excluding ortho intramolecular Hbond substituents is 1. The molecule has 22 heavy (non-hydrogen) atoms. The lowest BCUT2D eigenvalue weighted by atomic mass is 9.97. The molecule has 0 saturated carbocycles. The van der Waals surface area contributed by atoms with Crippen molar-refractivity contribution in [1.29, 1.82) is 0 Å². The Bertz CT molecular complexity index is 732. The zero-order valence-corrected chi connectivity index (χ0v) is 12.2. The van der Waals surface area contributed by atoms with Gasteiger partial charge in [-0.15, -0.1) is 6.58 Å². The fourth-order valence-corrected chi connectivity index (χ4v) is 2.16. The molecule has 4 heteroatoms. The molecular formula is C18H16O4. The minimum atomic E-state index is -0.573. The first-order valence-corrected chi connectivity index (χ1v) is 6.73. The third-order valence-corrected chi connectivity index (χ3v) is 3.29. The SMILES string of the molecule is C=CCc1ccc(C(=O)c2ccccc2C(=O)OC)cc1O. The van der Waals surface area contributed by atoms with Crippen molar-refractivity contribution < 1.29 is 19.4 Å². The van der Waals surface area contributed by atoms with Gasteiger partial charge in [0, 0.05) is 11.1 Å². The molecule has 0 fully saturated rings. The molecule has 4 nitrogen and oxygen atoms in total.